The summed E-state index contributed by atoms with van der Waals surface area (Å²) in [5.74, 6) is 0.767. The first-order chi connectivity index (χ1) is 11.3. The fraction of sp³-hybridized carbons (Fsp3) is 0.700. The summed E-state index contributed by atoms with van der Waals surface area (Å²) in [6, 6.07) is 9.61. The van der Waals surface area contributed by atoms with Crippen molar-refractivity contribution < 1.29 is 4.74 Å². The average molecular weight is 314 g/mol. The normalized spacial score (nSPS) is 31.3. The van der Waals surface area contributed by atoms with Gasteiger partial charge in [0.25, 0.3) is 0 Å². The Labute approximate surface area is 140 Å². The van der Waals surface area contributed by atoms with Gasteiger partial charge in [-0.15, -0.1) is 0 Å². The molecule has 1 aliphatic carbocycles. The minimum absolute atomic E-state index is 0.488. The molecule has 2 aliphatic heterocycles. The van der Waals surface area contributed by atoms with Gasteiger partial charge in [-0.3, -0.25) is 4.90 Å². The zero-order valence-electron chi connectivity index (χ0n) is 14.4. The largest absolute Gasteiger partial charge is 0.375 e. The van der Waals surface area contributed by atoms with E-state index in [-0.39, 0.29) is 0 Å². The molecule has 4 rings (SSSR count). The number of benzene rings is 1. The first-order valence-electron chi connectivity index (χ1n) is 9.43. The molecule has 23 heavy (non-hydrogen) atoms. The molecule has 2 bridgehead atoms. The summed E-state index contributed by atoms with van der Waals surface area (Å²) < 4.78 is 6.36. The van der Waals surface area contributed by atoms with Crippen molar-refractivity contribution >= 4 is 0 Å². The Morgan fingerprint density at radius 2 is 2.04 bits per heavy atom. The highest BCUT2D eigenvalue weighted by atomic mass is 16.5. The van der Waals surface area contributed by atoms with Crippen LogP contribution in [0, 0.1) is 12.8 Å². The van der Waals surface area contributed by atoms with Crippen molar-refractivity contribution in [2.24, 2.45) is 5.92 Å². The number of fused-ring (bicyclic) bond motifs is 2. The molecule has 1 aromatic rings. The number of piperidine rings is 1. The van der Waals surface area contributed by atoms with Crippen LogP contribution in [-0.2, 0) is 11.3 Å². The maximum Gasteiger partial charge on any atom is 0.0771 e. The van der Waals surface area contributed by atoms with Crippen LogP contribution in [0.1, 0.15) is 36.8 Å². The molecule has 2 heterocycles. The third-order valence-corrected chi connectivity index (χ3v) is 6.00. The number of rotatable bonds is 6. The Morgan fingerprint density at radius 3 is 2.87 bits per heavy atom. The molecule has 3 aliphatic rings. The van der Waals surface area contributed by atoms with Gasteiger partial charge < -0.3 is 9.64 Å². The Bertz CT molecular complexity index is 526. The second kappa shape index (κ2) is 6.92. The van der Waals surface area contributed by atoms with Gasteiger partial charge in [0.2, 0.25) is 0 Å². The van der Waals surface area contributed by atoms with E-state index in [1.165, 1.54) is 56.4 Å². The number of hydrogen-bond acceptors (Lipinski definition) is 3. The van der Waals surface area contributed by atoms with E-state index in [1.807, 2.05) is 0 Å². The Hall–Kier alpha value is -0.900. The first-order valence-corrected chi connectivity index (χ1v) is 9.43. The van der Waals surface area contributed by atoms with Crippen LogP contribution in [0.5, 0.6) is 0 Å². The molecule has 3 heteroatoms. The molecule has 3 atom stereocenters. The van der Waals surface area contributed by atoms with E-state index in [4.69, 9.17) is 4.74 Å². The van der Waals surface area contributed by atoms with Crippen LogP contribution in [0.25, 0.3) is 0 Å². The van der Waals surface area contributed by atoms with E-state index in [2.05, 4.69) is 41.0 Å². The molecule has 1 aromatic carbocycles. The lowest BCUT2D eigenvalue weighted by Crippen LogP contribution is -2.35. The molecule has 126 valence electrons. The monoisotopic (exact) mass is 314 g/mol. The van der Waals surface area contributed by atoms with Crippen LogP contribution in [0.3, 0.4) is 0 Å². The van der Waals surface area contributed by atoms with Gasteiger partial charge in [-0.2, -0.15) is 0 Å². The summed E-state index contributed by atoms with van der Waals surface area (Å²) in [5.41, 5.74) is 2.82. The molecule has 3 nitrogen and oxygen atoms in total. The SMILES string of the molecule is Cc1cccc(CN2CC3CCC2C3OCCN2CCCC2)c1. The molecule has 0 aromatic heterocycles. The van der Waals surface area contributed by atoms with E-state index in [1.54, 1.807) is 0 Å². The van der Waals surface area contributed by atoms with Gasteiger partial charge in [-0.25, -0.2) is 0 Å². The van der Waals surface area contributed by atoms with Crippen LogP contribution < -0.4 is 0 Å². The molecule has 2 saturated heterocycles. The van der Waals surface area contributed by atoms with Gasteiger partial charge >= 0.3 is 0 Å². The molecule has 0 N–H and O–H groups in total. The van der Waals surface area contributed by atoms with Crippen LogP contribution in [0.4, 0.5) is 0 Å². The number of likely N-dealkylation sites (tertiary alicyclic amines) is 2. The van der Waals surface area contributed by atoms with E-state index < -0.39 is 0 Å². The summed E-state index contributed by atoms with van der Waals surface area (Å²) in [5, 5.41) is 0. The van der Waals surface area contributed by atoms with Crippen molar-refractivity contribution in [1.82, 2.24) is 9.80 Å². The van der Waals surface area contributed by atoms with Crippen molar-refractivity contribution in [3.8, 4) is 0 Å². The van der Waals surface area contributed by atoms with Crippen LogP contribution in [0.15, 0.2) is 24.3 Å². The lowest BCUT2D eigenvalue weighted by atomic mass is 10.1. The summed E-state index contributed by atoms with van der Waals surface area (Å²) in [7, 11) is 0. The maximum absolute atomic E-state index is 6.36. The lowest BCUT2D eigenvalue weighted by molar-refractivity contribution is 0.0174. The van der Waals surface area contributed by atoms with E-state index in [9.17, 15) is 0 Å². The Kier molecular flexibility index (Phi) is 4.70. The fourth-order valence-corrected chi connectivity index (χ4v) is 4.85. The van der Waals surface area contributed by atoms with E-state index in [0.29, 0.717) is 12.1 Å². The van der Waals surface area contributed by atoms with Crippen molar-refractivity contribution in [2.45, 2.75) is 51.3 Å². The molecule has 0 spiro atoms. The second-order valence-electron chi connectivity index (χ2n) is 7.71. The zero-order chi connectivity index (χ0) is 15.6. The van der Waals surface area contributed by atoms with Crippen molar-refractivity contribution in [3.05, 3.63) is 35.4 Å². The lowest BCUT2D eigenvalue weighted by Gasteiger charge is -2.27. The summed E-state index contributed by atoms with van der Waals surface area (Å²) in [4.78, 5) is 5.23. The molecular formula is C20H30N2O. The molecule has 0 radical (unpaired) electrons. The van der Waals surface area contributed by atoms with E-state index in [0.717, 1.165) is 25.6 Å². The topological polar surface area (TPSA) is 15.7 Å². The second-order valence-corrected chi connectivity index (χ2v) is 7.71. The van der Waals surface area contributed by atoms with Gasteiger partial charge in [0, 0.05) is 25.7 Å². The van der Waals surface area contributed by atoms with Gasteiger partial charge in [0.05, 0.1) is 12.7 Å². The highest BCUT2D eigenvalue weighted by molar-refractivity contribution is 5.22. The first kappa shape index (κ1) is 15.6. The predicted molar refractivity (Wildman–Crippen MR) is 93.5 cm³/mol. The summed E-state index contributed by atoms with van der Waals surface area (Å²) in [6.45, 7) is 9.12. The van der Waals surface area contributed by atoms with Gasteiger partial charge in [0.15, 0.2) is 0 Å². The highest BCUT2D eigenvalue weighted by Gasteiger charge is 2.47. The quantitative estimate of drug-likeness (QED) is 0.802. The van der Waals surface area contributed by atoms with Crippen molar-refractivity contribution in [2.75, 3.05) is 32.8 Å². The smallest absolute Gasteiger partial charge is 0.0771 e. The number of aryl methyl sites for hydroxylation is 1. The van der Waals surface area contributed by atoms with Crippen LogP contribution in [0.2, 0.25) is 0 Å². The zero-order valence-corrected chi connectivity index (χ0v) is 14.4. The fourth-order valence-electron chi connectivity index (χ4n) is 4.85. The van der Waals surface area contributed by atoms with Gasteiger partial charge in [0.1, 0.15) is 0 Å². The standard InChI is InChI=1S/C20H30N2O/c1-16-5-4-6-17(13-16)14-22-15-18-7-8-19(22)20(18)23-12-11-21-9-2-3-10-21/h4-6,13,18-20H,2-3,7-12,14-15H2,1H3. The summed E-state index contributed by atoms with van der Waals surface area (Å²) >= 11 is 0. The predicted octanol–water partition coefficient (Wildman–Crippen LogP) is 3.07. The molecule has 3 fully saturated rings. The van der Waals surface area contributed by atoms with Crippen molar-refractivity contribution in [3.63, 3.8) is 0 Å². The number of hydrogen-bond donors (Lipinski definition) is 0. The number of nitrogens with zero attached hydrogens (tertiary/aromatic N) is 2. The average Bonchev–Trinajstić information content (AvgIpc) is 3.24. The third-order valence-electron chi connectivity index (χ3n) is 6.00. The Balaban J connectivity index is 1.30. The van der Waals surface area contributed by atoms with E-state index >= 15 is 0 Å². The maximum atomic E-state index is 6.36. The molecule has 3 unspecified atom stereocenters. The Morgan fingerprint density at radius 1 is 1.17 bits per heavy atom. The molecule has 1 saturated carbocycles. The third kappa shape index (κ3) is 3.47. The van der Waals surface area contributed by atoms with Crippen LogP contribution in [-0.4, -0.2) is 54.7 Å². The van der Waals surface area contributed by atoms with Gasteiger partial charge in [-0.05, 0) is 57.2 Å². The number of ether oxygens (including phenoxy) is 1. The summed E-state index contributed by atoms with van der Waals surface area (Å²) in [6.07, 6.45) is 5.92. The van der Waals surface area contributed by atoms with Crippen molar-refractivity contribution in [1.29, 1.82) is 0 Å². The van der Waals surface area contributed by atoms with Crippen LogP contribution >= 0.6 is 0 Å². The van der Waals surface area contributed by atoms with Gasteiger partial charge in [-0.1, -0.05) is 29.8 Å². The molecular weight excluding hydrogens is 284 g/mol. The highest BCUT2D eigenvalue weighted by Crippen LogP contribution is 2.40. The minimum Gasteiger partial charge on any atom is -0.375 e. The minimum atomic E-state index is 0.488. The molecule has 0 amide bonds.